The van der Waals surface area contributed by atoms with E-state index in [0.29, 0.717) is 34.6 Å². The van der Waals surface area contributed by atoms with Gasteiger partial charge in [-0.15, -0.1) is 0 Å². The Hall–Kier alpha value is -1.82. The van der Waals surface area contributed by atoms with Crippen molar-refractivity contribution < 1.29 is 9.50 Å². The largest absolute Gasteiger partial charge is 0.391 e. The number of nitrogens with zero attached hydrogens (tertiary/aromatic N) is 2. The average Bonchev–Trinajstić information content (AvgIpc) is 3.09. The molecule has 0 spiro atoms. The van der Waals surface area contributed by atoms with Crippen LogP contribution in [0.4, 0.5) is 10.1 Å². The van der Waals surface area contributed by atoms with Gasteiger partial charge in [-0.1, -0.05) is 53.0 Å². The van der Waals surface area contributed by atoms with E-state index in [2.05, 4.69) is 9.80 Å². The summed E-state index contributed by atoms with van der Waals surface area (Å²) in [5.74, 6) is -0.266. The van der Waals surface area contributed by atoms with E-state index in [-0.39, 0.29) is 17.9 Å². The molecule has 0 aromatic heterocycles. The molecule has 1 heterocycles. The van der Waals surface area contributed by atoms with Crippen molar-refractivity contribution in [3.05, 3.63) is 98.2 Å². The van der Waals surface area contributed by atoms with Gasteiger partial charge in [0.2, 0.25) is 0 Å². The van der Waals surface area contributed by atoms with E-state index in [1.165, 1.54) is 6.07 Å². The standard InChI is InChI=1S/C25H22Cl3FN2O/c26-17-3-1-15(2-4-17)23-14-30(9-10-31(23)22-8-5-18(27)13-21(22)28)25-20-7-6-19(29)11-16(20)12-24(25)32/h1-8,11,13,23-25,32H,9-10,12,14H2/t23-,24+,25+/m0/s1. The van der Waals surface area contributed by atoms with Crippen LogP contribution in [0.5, 0.6) is 0 Å². The first-order valence-electron chi connectivity index (χ1n) is 10.6. The van der Waals surface area contributed by atoms with Crippen molar-refractivity contribution in [3.8, 4) is 0 Å². The molecule has 32 heavy (non-hydrogen) atoms. The van der Waals surface area contributed by atoms with Crippen LogP contribution in [0, 0.1) is 5.82 Å². The van der Waals surface area contributed by atoms with Crippen molar-refractivity contribution in [2.45, 2.75) is 24.6 Å². The zero-order valence-electron chi connectivity index (χ0n) is 17.2. The molecule has 1 fully saturated rings. The molecule has 1 aliphatic carbocycles. The van der Waals surface area contributed by atoms with E-state index in [4.69, 9.17) is 34.8 Å². The topological polar surface area (TPSA) is 26.7 Å². The van der Waals surface area contributed by atoms with Gasteiger partial charge in [-0.3, -0.25) is 4.90 Å². The van der Waals surface area contributed by atoms with Gasteiger partial charge in [0.05, 0.1) is 28.9 Å². The highest BCUT2D eigenvalue weighted by Gasteiger charge is 2.40. The summed E-state index contributed by atoms with van der Waals surface area (Å²) in [6, 6.07) is 18.1. The summed E-state index contributed by atoms with van der Waals surface area (Å²) in [7, 11) is 0. The smallest absolute Gasteiger partial charge is 0.123 e. The lowest BCUT2D eigenvalue weighted by Crippen LogP contribution is -2.51. The Balaban J connectivity index is 1.50. The SMILES string of the molecule is O[C@@H]1Cc2cc(F)ccc2[C@H]1N1CCN(c2ccc(Cl)cc2Cl)[C@H](c2ccc(Cl)cc2)C1. The predicted molar refractivity (Wildman–Crippen MR) is 128 cm³/mol. The molecular formula is C25H22Cl3FN2O. The molecular weight excluding hydrogens is 470 g/mol. The molecule has 0 bridgehead atoms. The zero-order valence-corrected chi connectivity index (χ0v) is 19.5. The quantitative estimate of drug-likeness (QED) is 0.465. The third-order valence-electron chi connectivity index (χ3n) is 6.50. The van der Waals surface area contributed by atoms with Gasteiger partial charge < -0.3 is 10.0 Å². The van der Waals surface area contributed by atoms with E-state index < -0.39 is 6.10 Å². The van der Waals surface area contributed by atoms with Crippen molar-refractivity contribution in [3.63, 3.8) is 0 Å². The number of rotatable bonds is 3. The maximum atomic E-state index is 13.7. The summed E-state index contributed by atoms with van der Waals surface area (Å²) < 4.78 is 13.7. The van der Waals surface area contributed by atoms with Crippen molar-refractivity contribution in [1.29, 1.82) is 0 Å². The highest BCUT2D eigenvalue weighted by molar-refractivity contribution is 6.36. The Morgan fingerprint density at radius 1 is 0.875 bits per heavy atom. The summed E-state index contributed by atoms with van der Waals surface area (Å²) in [5, 5.41) is 12.8. The highest BCUT2D eigenvalue weighted by atomic mass is 35.5. The summed E-state index contributed by atoms with van der Waals surface area (Å²) in [5.41, 5.74) is 3.92. The van der Waals surface area contributed by atoms with Gasteiger partial charge in [0, 0.05) is 36.1 Å². The number of aliphatic hydroxyl groups is 1. The summed E-state index contributed by atoms with van der Waals surface area (Å²) >= 11 is 18.8. The molecule has 3 atom stereocenters. The van der Waals surface area contributed by atoms with Gasteiger partial charge in [-0.25, -0.2) is 4.39 Å². The summed E-state index contributed by atoms with van der Waals surface area (Å²) in [4.78, 5) is 4.58. The number of hydrogen-bond donors (Lipinski definition) is 1. The Morgan fingerprint density at radius 3 is 2.38 bits per heavy atom. The van der Waals surface area contributed by atoms with Gasteiger partial charge in [-0.2, -0.15) is 0 Å². The molecule has 3 nitrogen and oxygen atoms in total. The lowest BCUT2D eigenvalue weighted by molar-refractivity contribution is 0.0489. The third-order valence-corrected chi connectivity index (χ3v) is 7.29. The molecule has 1 N–H and O–H groups in total. The van der Waals surface area contributed by atoms with E-state index in [0.717, 1.165) is 28.9 Å². The third kappa shape index (κ3) is 4.11. The lowest BCUT2D eigenvalue weighted by atomic mass is 9.98. The Bertz CT molecular complexity index is 1140. The number of anilines is 1. The van der Waals surface area contributed by atoms with Gasteiger partial charge >= 0.3 is 0 Å². The van der Waals surface area contributed by atoms with E-state index in [1.807, 2.05) is 42.5 Å². The van der Waals surface area contributed by atoms with Crippen LogP contribution < -0.4 is 4.90 Å². The van der Waals surface area contributed by atoms with Crippen LogP contribution in [-0.4, -0.2) is 35.7 Å². The Labute approximate surface area is 201 Å². The molecule has 0 amide bonds. The normalized spacial score (nSPS) is 23.4. The molecule has 7 heteroatoms. The maximum Gasteiger partial charge on any atom is 0.123 e. The number of benzene rings is 3. The lowest BCUT2D eigenvalue weighted by Gasteiger charge is -2.46. The van der Waals surface area contributed by atoms with Crippen LogP contribution in [0.1, 0.15) is 28.8 Å². The van der Waals surface area contributed by atoms with E-state index >= 15 is 0 Å². The van der Waals surface area contributed by atoms with Crippen molar-refractivity contribution in [2.24, 2.45) is 0 Å². The van der Waals surface area contributed by atoms with Crippen molar-refractivity contribution >= 4 is 40.5 Å². The second kappa shape index (κ2) is 8.85. The van der Waals surface area contributed by atoms with Crippen molar-refractivity contribution in [2.75, 3.05) is 24.5 Å². The Kier molecular flexibility index (Phi) is 6.08. The van der Waals surface area contributed by atoms with Crippen LogP contribution >= 0.6 is 34.8 Å². The molecule has 0 saturated carbocycles. The fourth-order valence-electron chi connectivity index (χ4n) is 5.05. The monoisotopic (exact) mass is 490 g/mol. The summed E-state index contributed by atoms with van der Waals surface area (Å²) in [6.07, 6.45) is -0.101. The van der Waals surface area contributed by atoms with Crippen LogP contribution in [0.15, 0.2) is 60.7 Å². The minimum Gasteiger partial charge on any atom is -0.391 e. The molecule has 0 radical (unpaired) electrons. The summed E-state index contributed by atoms with van der Waals surface area (Å²) in [6.45, 7) is 2.13. The molecule has 0 unspecified atom stereocenters. The second-order valence-corrected chi connectivity index (χ2v) is 9.69. The van der Waals surface area contributed by atoms with Crippen molar-refractivity contribution in [1.82, 2.24) is 4.90 Å². The van der Waals surface area contributed by atoms with E-state index in [1.54, 1.807) is 12.1 Å². The van der Waals surface area contributed by atoms with Gasteiger partial charge in [0.15, 0.2) is 0 Å². The molecule has 1 saturated heterocycles. The molecule has 1 aliphatic heterocycles. The maximum absolute atomic E-state index is 13.7. The molecule has 3 aromatic carbocycles. The minimum absolute atomic E-state index is 0.00334. The average molecular weight is 492 g/mol. The highest BCUT2D eigenvalue weighted by Crippen LogP contribution is 2.42. The van der Waals surface area contributed by atoms with Gasteiger partial charge in [-0.05, 0) is 59.2 Å². The number of hydrogen-bond acceptors (Lipinski definition) is 3. The number of fused-ring (bicyclic) bond motifs is 1. The van der Waals surface area contributed by atoms with Gasteiger partial charge in [0.25, 0.3) is 0 Å². The molecule has 5 rings (SSSR count). The molecule has 166 valence electrons. The Morgan fingerprint density at radius 2 is 1.62 bits per heavy atom. The first-order chi connectivity index (χ1) is 15.4. The molecule has 3 aromatic rings. The first kappa shape index (κ1) is 22.0. The van der Waals surface area contributed by atoms with Crippen LogP contribution in [0.3, 0.4) is 0 Å². The molecule has 2 aliphatic rings. The van der Waals surface area contributed by atoms with E-state index in [9.17, 15) is 9.50 Å². The first-order valence-corrected chi connectivity index (χ1v) is 11.7. The second-order valence-electron chi connectivity index (χ2n) is 8.41. The fourth-order valence-corrected chi connectivity index (χ4v) is 5.70. The number of aliphatic hydroxyl groups excluding tert-OH is 1. The van der Waals surface area contributed by atoms with Crippen LogP contribution in [0.2, 0.25) is 15.1 Å². The zero-order chi connectivity index (χ0) is 22.4. The minimum atomic E-state index is -0.566. The number of halogens is 4. The number of piperazine rings is 1. The van der Waals surface area contributed by atoms with Gasteiger partial charge in [0.1, 0.15) is 5.82 Å². The fraction of sp³-hybridized carbons (Fsp3) is 0.280. The van der Waals surface area contributed by atoms with Crippen LogP contribution in [-0.2, 0) is 6.42 Å². The van der Waals surface area contributed by atoms with Crippen LogP contribution in [0.25, 0.3) is 0 Å². The predicted octanol–water partition coefficient (Wildman–Crippen LogP) is 6.31.